The normalized spacial score (nSPS) is 10.0. The Labute approximate surface area is 136 Å². The highest BCUT2D eigenvalue weighted by molar-refractivity contribution is 6.29. The molecule has 0 saturated carbocycles. The summed E-state index contributed by atoms with van der Waals surface area (Å²) in [5.74, 6) is -1.16. The largest absolute Gasteiger partial charge is 0.462 e. The zero-order chi connectivity index (χ0) is 17.0. The fraction of sp³-hybridized carbons (Fsp3) is 0.200. The molecule has 2 rings (SSSR count). The summed E-state index contributed by atoms with van der Waals surface area (Å²) in [7, 11) is 0. The highest BCUT2D eigenvalue weighted by Crippen LogP contribution is 2.27. The number of nitriles is 1. The number of aryl methyl sites for hydroxylation is 1. The summed E-state index contributed by atoms with van der Waals surface area (Å²) in [4.78, 5) is 27.8. The molecule has 7 nitrogen and oxygen atoms in total. The van der Waals surface area contributed by atoms with Crippen LogP contribution in [0.5, 0.6) is 0 Å². The summed E-state index contributed by atoms with van der Waals surface area (Å²) in [5.41, 5.74) is 0.139. The van der Waals surface area contributed by atoms with E-state index in [9.17, 15) is 14.9 Å². The molecule has 1 amide bonds. The molecule has 0 unspecified atom stereocenters. The van der Waals surface area contributed by atoms with E-state index in [1.807, 2.05) is 6.07 Å². The van der Waals surface area contributed by atoms with Gasteiger partial charge in [0.05, 0.1) is 12.2 Å². The van der Waals surface area contributed by atoms with Crippen molar-refractivity contribution in [2.24, 2.45) is 0 Å². The number of nitrogens with one attached hydrogen (secondary N) is 1. The number of furan rings is 1. The number of ether oxygens (including phenoxy) is 1. The number of pyridine rings is 1. The number of hydrogen-bond acceptors (Lipinski definition) is 6. The van der Waals surface area contributed by atoms with Gasteiger partial charge in [0.15, 0.2) is 0 Å². The first-order valence-electron chi connectivity index (χ1n) is 6.61. The molecular weight excluding hydrogens is 322 g/mol. The summed E-state index contributed by atoms with van der Waals surface area (Å²) >= 11 is 5.66. The van der Waals surface area contributed by atoms with E-state index in [4.69, 9.17) is 20.8 Å². The lowest BCUT2D eigenvalue weighted by Crippen LogP contribution is -2.13. The Morgan fingerprint density at radius 2 is 2.22 bits per heavy atom. The molecule has 118 valence electrons. The molecule has 0 aliphatic heterocycles. The summed E-state index contributed by atoms with van der Waals surface area (Å²) in [6.07, 6.45) is 1.28. The van der Waals surface area contributed by atoms with Crippen LogP contribution in [0.4, 0.5) is 5.88 Å². The number of hydrogen-bond donors (Lipinski definition) is 1. The summed E-state index contributed by atoms with van der Waals surface area (Å²) in [5, 5.41) is 11.9. The van der Waals surface area contributed by atoms with Crippen LogP contribution >= 0.6 is 11.6 Å². The van der Waals surface area contributed by atoms with Crippen LogP contribution in [0, 0.1) is 18.3 Å². The molecule has 8 heteroatoms. The van der Waals surface area contributed by atoms with Crippen molar-refractivity contribution in [2.75, 3.05) is 11.9 Å². The summed E-state index contributed by atoms with van der Waals surface area (Å²) in [6, 6.07) is 4.77. The lowest BCUT2D eigenvalue weighted by molar-refractivity contribution is 0.0524. The number of amides is 1. The van der Waals surface area contributed by atoms with Crippen molar-refractivity contribution >= 4 is 29.4 Å². The SMILES string of the molecule is CCOC(=O)c1c(C)oc(NC(=O)c2ccc(Cl)nc2)c1C#N. The molecule has 2 heterocycles. The van der Waals surface area contributed by atoms with Crippen LogP contribution in [-0.4, -0.2) is 23.5 Å². The van der Waals surface area contributed by atoms with Crippen molar-refractivity contribution in [3.8, 4) is 6.07 Å². The molecule has 23 heavy (non-hydrogen) atoms. The van der Waals surface area contributed by atoms with Crippen molar-refractivity contribution < 1.29 is 18.7 Å². The molecule has 2 aromatic rings. The Bertz CT molecular complexity index is 790. The van der Waals surface area contributed by atoms with Gasteiger partial charge in [-0.2, -0.15) is 5.26 Å². The number of rotatable bonds is 4. The molecule has 0 aromatic carbocycles. The van der Waals surface area contributed by atoms with E-state index in [2.05, 4.69) is 10.3 Å². The number of nitrogens with zero attached hydrogens (tertiary/aromatic N) is 2. The molecule has 0 aliphatic carbocycles. The van der Waals surface area contributed by atoms with Crippen molar-refractivity contribution in [3.05, 3.63) is 45.9 Å². The van der Waals surface area contributed by atoms with Gasteiger partial charge in [-0.15, -0.1) is 0 Å². The standard InChI is InChI=1S/C15H12ClN3O4/c1-3-22-15(21)12-8(2)23-14(10(12)6-17)19-13(20)9-4-5-11(16)18-7-9/h4-5,7H,3H2,1-2H3,(H,19,20). The van der Waals surface area contributed by atoms with E-state index in [-0.39, 0.29) is 40.1 Å². The van der Waals surface area contributed by atoms with E-state index in [0.717, 1.165) is 0 Å². The topological polar surface area (TPSA) is 105 Å². The van der Waals surface area contributed by atoms with Gasteiger partial charge in [-0.05, 0) is 26.0 Å². The number of carbonyl (C=O) groups excluding carboxylic acids is 2. The predicted molar refractivity (Wildman–Crippen MR) is 81.3 cm³/mol. The van der Waals surface area contributed by atoms with Gasteiger partial charge in [0, 0.05) is 6.20 Å². The second-order valence-electron chi connectivity index (χ2n) is 4.39. The van der Waals surface area contributed by atoms with Crippen LogP contribution in [0.2, 0.25) is 5.15 Å². The monoisotopic (exact) mass is 333 g/mol. The molecule has 2 aromatic heterocycles. The Morgan fingerprint density at radius 3 is 2.78 bits per heavy atom. The third kappa shape index (κ3) is 3.49. The number of carbonyl (C=O) groups is 2. The van der Waals surface area contributed by atoms with Crippen molar-refractivity contribution in [2.45, 2.75) is 13.8 Å². The zero-order valence-electron chi connectivity index (χ0n) is 12.3. The van der Waals surface area contributed by atoms with Crippen LogP contribution < -0.4 is 5.32 Å². The minimum atomic E-state index is -0.682. The van der Waals surface area contributed by atoms with Crippen LogP contribution in [0.15, 0.2) is 22.7 Å². The first kappa shape index (κ1) is 16.5. The number of aromatic nitrogens is 1. The van der Waals surface area contributed by atoms with Gasteiger partial charge >= 0.3 is 5.97 Å². The van der Waals surface area contributed by atoms with Gasteiger partial charge in [-0.25, -0.2) is 9.78 Å². The van der Waals surface area contributed by atoms with Crippen LogP contribution in [0.3, 0.4) is 0 Å². The van der Waals surface area contributed by atoms with Gasteiger partial charge < -0.3 is 9.15 Å². The first-order chi connectivity index (χ1) is 11.0. The fourth-order valence-electron chi connectivity index (χ4n) is 1.87. The second kappa shape index (κ2) is 6.94. The molecule has 0 fully saturated rings. The second-order valence-corrected chi connectivity index (χ2v) is 4.78. The number of anilines is 1. The van der Waals surface area contributed by atoms with Gasteiger partial charge in [0.1, 0.15) is 28.1 Å². The van der Waals surface area contributed by atoms with E-state index in [1.54, 1.807) is 6.92 Å². The van der Waals surface area contributed by atoms with Crippen LogP contribution in [0.1, 0.15) is 39.0 Å². The van der Waals surface area contributed by atoms with E-state index < -0.39 is 11.9 Å². The van der Waals surface area contributed by atoms with E-state index in [1.165, 1.54) is 25.3 Å². The third-order valence-corrected chi connectivity index (χ3v) is 3.12. The lowest BCUT2D eigenvalue weighted by atomic mass is 10.1. The molecule has 0 atom stereocenters. The maximum atomic E-state index is 12.1. The van der Waals surface area contributed by atoms with Crippen LogP contribution in [-0.2, 0) is 4.74 Å². The Hall–Kier alpha value is -2.85. The van der Waals surface area contributed by atoms with Crippen molar-refractivity contribution in [1.82, 2.24) is 4.98 Å². The van der Waals surface area contributed by atoms with Crippen molar-refractivity contribution in [3.63, 3.8) is 0 Å². The third-order valence-electron chi connectivity index (χ3n) is 2.89. The number of esters is 1. The Morgan fingerprint density at radius 1 is 1.48 bits per heavy atom. The Kier molecular flexibility index (Phi) is 4.98. The molecule has 0 saturated heterocycles. The highest BCUT2D eigenvalue weighted by atomic mass is 35.5. The van der Waals surface area contributed by atoms with Gasteiger partial charge in [-0.1, -0.05) is 11.6 Å². The maximum Gasteiger partial charge on any atom is 0.343 e. The number of halogens is 1. The lowest BCUT2D eigenvalue weighted by Gasteiger charge is -2.02. The van der Waals surface area contributed by atoms with E-state index in [0.29, 0.717) is 0 Å². The fourth-order valence-corrected chi connectivity index (χ4v) is 1.99. The van der Waals surface area contributed by atoms with E-state index >= 15 is 0 Å². The van der Waals surface area contributed by atoms with Crippen LogP contribution in [0.25, 0.3) is 0 Å². The molecular formula is C15H12ClN3O4. The van der Waals surface area contributed by atoms with Crippen molar-refractivity contribution in [1.29, 1.82) is 5.26 Å². The average Bonchev–Trinajstić information content (AvgIpc) is 2.83. The molecule has 0 radical (unpaired) electrons. The van der Waals surface area contributed by atoms with Gasteiger partial charge in [0.25, 0.3) is 5.91 Å². The molecule has 0 spiro atoms. The minimum Gasteiger partial charge on any atom is -0.462 e. The van der Waals surface area contributed by atoms with Gasteiger partial charge in [-0.3, -0.25) is 10.1 Å². The molecule has 1 N–H and O–H groups in total. The first-order valence-corrected chi connectivity index (χ1v) is 6.99. The minimum absolute atomic E-state index is 0.00104. The molecule has 0 bridgehead atoms. The maximum absolute atomic E-state index is 12.1. The highest BCUT2D eigenvalue weighted by Gasteiger charge is 2.26. The Balaban J connectivity index is 2.32. The smallest absolute Gasteiger partial charge is 0.343 e. The molecule has 0 aliphatic rings. The van der Waals surface area contributed by atoms with Gasteiger partial charge in [0.2, 0.25) is 5.88 Å². The summed E-state index contributed by atoms with van der Waals surface area (Å²) in [6.45, 7) is 3.31. The quantitative estimate of drug-likeness (QED) is 0.681. The summed E-state index contributed by atoms with van der Waals surface area (Å²) < 4.78 is 10.2. The predicted octanol–water partition coefficient (Wildman–Crippen LogP) is 2.94. The zero-order valence-corrected chi connectivity index (χ0v) is 13.1. The average molecular weight is 334 g/mol.